The second kappa shape index (κ2) is 7.29. The zero-order valence-electron chi connectivity index (χ0n) is 11.9. The van der Waals surface area contributed by atoms with Gasteiger partial charge in [0, 0.05) is 23.7 Å². The molecule has 2 aromatic rings. The number of nitrogens with zero attached hydrogens (tertiary/aromatic N) is 2. The third-order valence-corrected chi connectivity index (χ3v) is 5.17. The van der Waals surface area contributed by atoms with Gasteiger partial charge in [-0.15, -0.1) is 11.8 Å². The van der Waals surface area contributed by atoms with Crippen molar-refractivity contribution in [3.63, 3.8) is 0 Å². The van der Waals surface area contributed by atoms with Crippen LogP contribution >= 0.6 is 27.7 Å². The van der Waals surface area contributed by atoms with Gasteiger partial charge in [-0.3, -0.25) is 4.68 Å². The van der Waals surface area contributed by atoms with Crippen LogP contribution in [0.25, 0.3) is 0 Å². The van der Waals surface area contributed by atoms with E-state index >= 15 is 0 Å². The van der Waals surface area contributed by atoms with Gasteiger partial charge in [0.25, 0.3) is 0 Å². The first-order valence-electron chi connectivity index (χ1n) is 6.85. The van der Waals surface area contributed by atoms with Crippen LogP contribution in [0.3, 0.4) is 0 Å². The lowest BCUT2D eigenvalue weighted by atomic mass is 10.2. The highest BCUT2D eigenvalue weighted by Gasteiger charge is 2.13. The van der Waals surface area contributed by atoms with E-state index in [9.17, 15) is 0 Å². The first-order valence-corrected chi connectivity index (χ1v) is 8.63. The highest BCUT2D eigenvalue weighted by Crippen LogP contribution is 2.29. The molecule has 0 saturated heterocycles. The fraction of sp³-hybridized carbons (Fsp3) is 0.400. The Bertz CT molecular complexity index is 563. The average Bonchev–Trinajstić information content (AvgIpc) is 2.81. The van der Waals surface area contributed by atoms with Crippen molar-refractivity contribution < 1.29 is 0 Å². The Morgan fingerprint density at radius 1 is 1.25 bits per heavy atom. The van der Waals surface area contributed by atoms with Gasteiger partial charge in [-0.05, 0) is 47.0 Å². The molecule has 2 N–H and O–H groups in total. The topological polar surface area (TPSA) is 43.8 Å². The fourth-order valence-corrected chi connectivity index (χ4v) is 3.84. The van der Waals surface area contributed by atoms with Gasteiger partial charge in [-0.1, -0.05) is 19.1 Å². The number of aryl methyl sites for hydroxylation is 2. The summed E-state index contributed by atoms with van der Waals surface area (Å²) >= 11 is 5.51. The van der Waals surface area contributed by atoms with Crippen LogP contribution < -0.4 is 5.73 Å². The number of benzene rings is 1. The van der Waals surface area contributed by atoms with Crippen molar-refractivity contribution in [2.75, 3.05) is 0 Å². The Hall–Kier alpha value is -0.780. The smallest absolute Gasteiger partial charge is 0.0767 e. The number of halogens is 1. The standard InChI is InChI=1S/C15H20BrN3S/c1-3-13-15(16)14(19(4-2)18-13)10-20-12-7-5-11(9-17)6-8-12/h5-8H,3-4,9-10,17H2,1-2H3. The molecule has 0 aliphatic carbocycles. The Morgan fingerprint density at radius 3 is 2.50 bits per heavy atom. The number of rotatable bonds is 6. The van der Waals surface area contributed by atoms with E-state index in [-0.39, 0.29) is 0 Å². The maximum absolute atomic E-state index is 5.62. The maximum Gasteiger partial charge on any atom is 0.0767 e. The zero-order valence-corrected chi connectivity index (χ0v) is 14.3. The van der Waals surface area contributed by atoms with Crippen molar-refractivity contribution in [1.29, 1.82) is 0 Å². The van der Waals surface area contributed by atoms with Gasteiger partial charge in [0.2, 0.25) is 0 Å². The van der Waals surface area contributed by atoms with Crippen molar-refractivity contribution in [1.82, 2.24) is 9.78 Å². The lowest BCUT2D eigenvalue weighted by Gasteiger charge is -2.06. The van der Waals surface area contributed by atoms with E-state index in [0.717, 1.165) is 28.9 Å². The van der Waals surface area contributed by atoms with Gasteiger partial charge in [0.1, 0.15) is 0 Å². The summed E-state index contributed by atoms with van der Waals surface area (Å²) in [5.74, 6) is 0.920. The molecule has 0 saturated carbocycles. The molecule has 2 rings (SSSR count). The third-order valence-electron chi connectivity index (χ3n) is 3.23. The van der Waals surface area contributed by atoms with Crippen molar-refractivity contribution in [2.24, 2.45) is 5.73 Å². The first-order chi connectivity index (χ1) is 9.69. The van der Waals surface area contributed by atoms with Crippen LogP contribution in [-0.2, 0) is 25.3 Å². The van der Waals surface area contributed by atoms with E-state index in [2.05, 4.69) is 63.8 Å². The van der Waals surface area contributed by atoms with Crippen LogP contribution in [0.4, 0.5) is 0 Å². The first kappa shape index (κ1) is 15.6. The minimum atomic E-state index is 0.596. The molecular formula is C15H20BrN3S. The summed E-state index contributed by atoms with van der Waals surface area (Å²) in [4.78, 5) is 1.26. The van der Waals surface area contributed by atoms with Gasteiger partial charge >= 0.3 is 0 Å². The quantitative estimate of drug-likeness (QED) is 0.798. The summed E-state index contributed by atoms with van der Waals surface area (Å²) in [5, 5.41) is 4.63. The minimum Gasteiger partial charge on any atom is -0.326 e. The molecule has 1 aromatic heterocycles. The number of nitrogens with two attached hydrogens (primary N) is 1. The third kappa shape index (κ3) is 3.45. The van der Waals surface area contributed by atoms with Crippen LogP contribution in [0.5, 0.6) is 0 Å². The van der Waals surface area contributed by atoms with Gasteiger partial charge in [0.05, 0.1) is 15.9 Å². The van der Waals surface area contributed by atoms with Crippen LogP contribution in [0, 0.1) is 0 Å². The van der Waals surface area contributed by atoms with E-state index in [4.69, 9.17) is 5.73 Å². The van der Waals surface area contributed by atoms with Crippen LogP contribution in [-0.4, -0.2) is 9.78 Å². The molecule has 0 unspecified atom stereocenters. The van der Waals surface area contributed by atoms with E-state index < -0.39 is 0 Å². The molecule has 3 nitrogen and oxygen atoms in total. The molecule has 108 valence electrons. The molecule has 0 radical (unpaired) electrons. The van der Waals surface area contributed by atoms with Gasteiger partial charge in [-0.25, -0.2) is 0 Å². The highest BCUT2D eigenvalue weighted by molar-refractivity contribution is 9.10. The molecule has 20 heavy (non-hydrogen) atoms. The summed E-state index contributed by atoms with van der Waals surface area (Å²) in [5.41, 5.74) is 9.19. The normalized spacial score (nSPS) is 11.0. The lowest BCUT2D eigenvalue weighted by molar-refractivity contribution is 0.627. The zero-order chi connectivity index (χ0) is 14.5. The second-order valence-corrected chi connectivity index (χ2v) is 6.36. The Balaban J connectivity index is 2.11. The lowest BCUT2D eigenvalue weighted by Crippen LogP contribution is -2.02. The second-order valence-electron chi connectivity index (χ2n) is 4.51. The molecule has 0 amide bonds. The van der Waals surface area contributed by atoms with Crippen LogP contribution in [0.15, 0.2) is 33.6 Å². The van der Waals surface area contributed by atoms with E-state index in [1.807, 2.05) is 11.8 Å². The molecule has 5 heteroatoms. The summed E-state index contributed by atoms with van der Waals surface area (Å²) in [6, 6.07) is 8.44. The maximum atomic E-state index is 5.62. The number of hydrogen-bond acceptors (Lipinski definition) is 3. The van der Waals surface area contributed by atoms with Crippen molar-refractivity contribution in [3.8, 4) is 0 Å². The summed E-state index contributed by atoms with van der Waals surface area (Å²) < 4.78 is 3.25. The van der Waals surface area contributed by atoms with E-state index in [1.165, 1.54) is 16.2 Å². The molecule has 1 aromatic carbocycles. The molecular weight excluding hydrogens is 334 g/mol. The Morgan fingerprint density at radius 2 is 1.95 bits per heavy atom. The Kier molecular flexibility index (Phi) is 5.69. The predicted octanol–water partition coefficient (Wildman–Crippen LogP) is 3.98. The molecule has 0 spiro atoms. The summed E-state index contributed by atoms with van der Waals surface area (Å²) in [6.07, 6.45) is 0.955. The molecule has 0 aliphatic rings. The molecule has 0 atom stereocenters. The Labute approximate surface area is 133 Å². The van der Waals surface area contributed by atoms with Crippen molar-refractivity contribution in [2.45, 2.75) is 44.0 Å². The van der Waals surface area contributed by atoms with Gasteiger partial charge in [0.15, 0.2) is 0 Å². The monoisotopic (exact) mass is 353 g/mol. The predicted molar refractivity (Wildman–Crippen MR) is 88.9 cm³/mol. The van der Waals surface area contributed by atoms with Crippen LogP contribution in [0.2, 0.25) is 0 Å². The average molecular weight is 354 g/mol. The molecule has 0 fully saturated rings. The summed E-state index contributed by atoms with van der Waals surface area (Å²) in [7, 11) is 0. The molecule has 0 bridgehead atoms. The van der Waals surface area contributed by atoms with E-state index in [0.29, 0.717) is 6.54 Å². The van der Waals surface area contributed by atoms with E-state index in [1.54, 1.807) is 0 Å². The highest BCUT2D eigenvalue weighted by atomic mass is 79.9. The van der Waals surface area contributed by atoms with Crippen molar-refractivity contribution in [3.05, 3.63) is 45.7 Å². The fourth-order valence-electron chi connectivity index (χ4n) is 2.03. The SMILES string of the molecule is CCc1nn(CC)c(CSc2ccc(CN)cc2)c1Br. The largest absolute Gasteiger partial charge is 0.326 e. The number of thioether (sulfide) groups is 1. The van der Waals surface area contributed by atoms with Gasteiger partial charge in [-0.2, -0.15) is 5.10 Å². The van der Waals surface area contributed by atoms with Crippen molar-refractivity contribution >= 4 is 27.7 Å². The van der Waals surface area contributed by atoms with Crippen LogP contribution in [0.1, 0.15) is 30.8 Å². The molecule has 1 heterocycles. The number of hydrogen-bond donors (Lipinski definition) is 1. The minimum absolute atomic E-state index is 0.596. The van der Waals surface area contributed by atoms with Gasteiger partial charge < -0.3 is 5.73 Å². The summed E-state index contributed by atoms with van der Waals surface area (Å²) in [6.45, 7) is 5.76. The molecule has 0 aliphatic heterocycles. The number of aromatic nitrogens is 2.